The number of hydrogen-bond acceptors (Lipinski definition) is 4. The molecule has 0 saturated heterocycles. The number of anilines is 1. The normalized spacial score (nSPS) is 10.7. The Kier molecular flexibility index (Phi) is 5.77. The number of methoxy groups -OCH3 is 1. The molecule has 6 nitrogen and oxygen atoms in total. The van der Waals surface area contributed by atoms with Gasteiger partial charge in [-0.25, -0.2) is 9.78 Å². The third-order valence-electron chi connectivity index (χ3n) is 4.72. The molecule has 3 aromatic rings. The maximum absolute atomic E-state index is 13.5. The summed E-state index contributed by atoms with van der Waals surface area (Å²) in [5.74, 6) is 0.102. The minimum atomic E-state index is -1.11. The highest BCUT2D eigenvalue weighted by atomic mass is 19.1. The molecule has 0 unspecified atom stereocenters. The van der Waals surface area contributed by atoms with Gasteiger partial charge >= 0.3 is 6.09 Å². The average molecular weight is 395 g/mol. The lowest BCUT2D eigenvalue weighted by Gasteiger charge is -2.22. The molecule has 1 aromatic carbocycles. The van der Waals surface area contributed by atoms with Crippen LogP contribution in [-0.4, -0.2) is 28.3 Å². The second-order valence-corrected chi connectivity index (χ2v) is 6.84. The molecule has 2 heterocycles. The van der Waals surface area contributed by atoms with Gasteiger partial charge in [0.05, 0.1) is 19.3 Å². The van der Waals surface area contributed by atoms with Gasteiger partial charge in [0.2, 0.25) is 5.95 Å². The van der Waals surface area contributed by atoms with Gasteiger partial charge in [-0.1, -0.05) is 6.07 Å². The van der Waals surface area contributed by atoms with Crippen molar-refractivity contribution < 1.29 is 19.0 Å². The Morgan fingerprint density at radius 3 is 2.55 bits per heavy atom. The highest BCUT2D eigenvalue weighted by Gasteiger charge is 2.20. The SMILES string of the molecule is COc1c(C)cnc(CN(C(=O)O)c2cc(C)cc(-c3ccnc(F)c3)c2)c1C. The number of hydrogen-bond donors (Lipinski definition) is 1. The van der Waals surface area contributed by atoms with Crippen molar-refractivity contribution in [1.82, 2.24) is 9.97 Å². The topological polar surface area (TPSA) is 75.5 Å². The van der Waals surface area contributed by atoms with Crippen molar-refractivity contribution in [1.29, 1.82) is 0 Å². The van der Waals surface area contributed by atoms with Crippen molar-refractivity contribution in [3.8, 4) is 16.9 Å². The Bertz CT molecular complexity index is 1070. The van der Waals surface area contributed by atoms with Crippen molar-refractivity contribution in [3.63, 3.8) is 0 Å². The number of rotatable bonds is 5. The highest BCUT2D eigenvalue weighted by molar-refractivity contribution is 5.87. The Labute approximate surface area is 168 Å². The number of aryl methyl sites for hydroxylation is 2. The van der Waals surface area contributed by atoms with E-state index in [4.69, 9.17) is 4.74 Å². The van der Waals surface area contributed by atoms with Crippen LogP contribution in [0.5, 0.6) is 5.75 Å². The van der Waals surface area contributed by atoms with Gasteiger partial charge in [-0.3, -0.25) is 9.88 Å². The van der Waals surface area contributed by atoms with Gasteiger partial charge in [0, 0.05) is 35.3 Å². The molecular formula is C22H22FN3O3. The standard InChI is InChI=1S/C22H22FN3O3/c1-13-7-17(16-5-6-24-20(23)10-16)9-18(8-13)26(22(27)28)12-19-15(3)21(29-4)14(2)11-25-19/h5-11H,12H2,1-4H3,(H,27,28). The fraction of sp³-hybridized carbons (Fsp3) is 0.227. The van der Waals surface area contributed by atoms with E-state index >= 15 is 0 Å². The predicted octanol–water partition coefficient (Wildman–Crippen LogP) is 4.90. The van der Waals surface area contributed by atoms with Crippen LogP contribution < -0.4 is 9.64 Å². The third kappa shape index (κ3) is 4.34. The molecule has 0 aliphatic carbocycles. The Hall–Kier alpha value is -3.48. The van der Waals surface area contributed by atoms with Crippen LogP contribution in [0.1, 0.15) is 22.4 Å². The van der Waals surface area contributed by atoms with Gasteiger partial charge in [-0.15, -0.1) is 0 Å². The minimum absolute atomic E-state index is 0.0609. The van der Waals surface area contributed by atoms with Crippen molar-refractivity contribution in [2.45, 2.75) is 27.3 Å². The predicted molar refractivity (Wildman–Crippen MR) is 109 cm³/mol. The van der Waals surface area contributed by atoms with E-state index in [2.05, 4.69) is 9.97 Å². The molecular weight excluding hydrogens is 373 g/mol. The first-order chi connectivity index (χ1) is 13.8. The van der Waals surface area contributed by atoms with Crippen LogP contribution in [0.25, 0.3) is 11.1 Å². The zero-order valence-corrected chi connectivity index (χ0v) is 16.7. The van der Waals surface area contributed by atoms with Crippen molar-refractivity contribution in [2.24, 2.45) is 0 Å². The molecule has 3 rings (SSSR count). The maximum Gasteiger partial charge on any atom is 0.412 e. The summed E-state index contributed by atoms with van der Waals surface area (Å²) in [6.07, 6.45) is 1.94. The molecule has 0 aliphatic rings. The highest BCUT2D eigenvalue weighted by Crippen LogP contribution is 2.30. The number of pyridine rings is 2. The second kappa shape index (κ2) is 8.26. The molecule has 0 aliphatic heterocycles. The maximum atomic E-state index is 13.5. The number of amides is 1. The average Bonchev–Trinajstić information content (AvgIpc) is 2.67. The van der Waals surface area contributed by atoms with Crippen LogP contribution in [0.15, 0.2) is 42.7 Å². The van der Waals surface area contributed by atoms with E-state index in [1.54, 1.807) is 31.5 Å². The van der Waals surface area contributed by atoms with Crippen molar-refractivity contribution in [3.05, 3.63) is 71.1 Å². The molecule has 0 saturated carbocycles. The van der Waals surface area contributed by atoms with E-state index in [-0.39, 0.29) is 6.54 Å². The molecule has 29 heavy (non-hydrogen) atoms. The van der Waals surface area contributed by atoms with E-state index < -0.39 is 12.0 Å². The number of nitrogens with zero attached hydrogens (tertiary/aromatic N) is 3. The lowest BCUT2D eigenvalue weighted by atomic mass is 10.0. The van der Waals surface area contributed by atoms with Gasteiger partial charge < -0.3 is 9.84 Å². The van der Waals surface area contributed by atoms with Crippen LogP contribution in [0.3, 0.4) is 0 Å². The summed E-state index contributed by atoms with van der Waals surface area (Å²) < 4.78 is 19.0. The zero-order chi connectivity index (χ0) is 21.1. The van der Waals surface area contributed by atoms with Gasteiger partial charge in [-0.05, 0) is 55.7 Å². The molecule has 0 spiro atoms. The molecule has 150 valence electrons. The fourth-order valence-corrected chi connectivity index (χ4v) is 3.32. The Morgan fingerprint density at radius 1 is 1.14 bits per heavy atom. The molecule has 0 atom stereocenters. The summed E-state index contributed by atoms with van der Waals surface area (Å²) in [6.45, 7) is 5.67. The number of halogens is 1. The van der Waals surface area contributed by atoms with Crippen LogP contribution in [0.4, 0.5) is 14.9 Å². The quantitative estimate of drug-likeness (QED) is 0.622. The summed E-state index contributed by atoms with van der Waals surface area (Å²) in [5, 5.41) is 9.85. The molecule has 7 heteroatoms. The first-order valence-electron chi connectivity index (χ1n) is 9.03. The number of aromatic nitrogens is 2. The monoisotopic (exact) mass is 395 g/mol. The van der Waals surface area contributed by atoms with E-state index in [0.29, 0.717) is 28.3 Å². The van der Waals surface area contributed by atoms with Gasteiger partial charge in [-0.2, -0.15) is 4.39 Å². The Balaban J connectivity index is 2.04. The molecule has 0 radical (unpaired) electrons. The molecule has 0 bridgehead atoms. The molecule has 2 aromatic heterocycles. The van der Waals surface area contributed by atoms with Crippen LogP contribution in [0.2, 0.25) is 0 Å². The number of benzene rings is 1. The third-order valence-corrected chi connectivity index (χ3v) is 4.72. The summed E-state index contributed by atoms with van der Waals surface area (Å²) in [5.41, 5.74) is 4.94. The minimum Gasteiger partial charge on any atom is -0.496 e. The molecule has 0 fully saturated rings. The van der Waals surface area contributed by atoms with E-state index in [0.717, 1.165) is 16.7 Å². The fourth-order valence-electron chi connectivity index (χ4n) is 3.32. The van der Waals surface area contributed by atoms with E-state index in [1.807, 2.05) is 26.8 Å². The van der Waals surface area contributed by atoms with E-state index in [1.165, 1.54) is 17.2 Å². The van der Waals surface area contributed by atoms with Gasteiger partial charge in [0.15, 0.2) is 0 Å². The van der Waals surface area contributed by atoms with Crippen LogP contribution >= 0.6 is 0 Å². The molecule has 1 amide bonds. The van der Waals surface area contributed by atoms with Crippen LogP contribution in [-0.2, 0) is 6.54 Å². The van der Waals surface area contributed by atoms with Crippen LogP contribution in [0, 0.1) is 26.7 Å². The van der Waals surface area contributed by atoms with Gasteiger partial charge in [0.1, 0.15) is 5.75 Å². The van der Waals surface area contributed by atoms with Crippen molar-refractivity contribution >= 4 is 11.8 Å². The summed E-state index contributed by atoms with van der Waals surface area (Å²) in [4.78, 5) is 21.2. The number of ether oxygens (including phenoxy) is 1. The smallest absolute Gasteiger partial charge is 0.412 e. The first kappa shape index (κ1) is 20.3. The van der Waals surface area contributed by atoms with Gasteiger partial charge in [0.25, 0.3) is 0 Å². The van der Waals surface area contributed by atoms with Crippen molar-refractivity contribution in [2.75, 3.05) is 12.0 Å². The largest absolute Gasteiger partial charge is 0.496 e. The summed E-state index contributed by atoms with van der Waals surface area (Å²) >= 11 is 0. The second-order valence-electron chi connectivity index (χ2n) is 6.84. The number of carbonyl (C=O) groups is 1. The zero-order valence-electron chi connectivity index (χ0n) is 16.7. The summed E-state index contributed by atoms with van der Waals surface area (Å²) in [6, 6.07) is 8.37. The van der Waals surface area contributed by atoms with E-state index in [9.17, 15) is 14.3 Å². The Morgan fingerprint density at radius 2 is 1.90 bits per heavy atom. The molecule has 1 N–H and O–H groups in total. The summed E-state index contributed by atoms with van der Waals surface area (Å²) in [7, 11) is 1.58. The first-order valence-corrected chi connectivity index (χ1v) is 9.03. The lowest BCUT2D eigenvalue weighted by Crippen LogP contribution is -2.29. The number of carboxylic acid groups (broad SMARTS) is 1. The lowest BCUT2D eigenvalue weighted by molar-refractivity contribution is 0.201.